The molecule has 0 saturated heterocycles. The number of sulfone groups is 1. The highest BCUT2D eigenvalue weighted by Crippen LogP contribution is 2.20. The molecular weight excluding hydrogens is 417 g/mol. The van der Waals surface area contributed by atoms with Crippen LogP contribution in [-0.4, -0.2) is 49.3 Å². The molecule has 2 aromatic carbocycles. The molecule has 0 atom stereocenters. The minimum atomic E-state index is -3.47. The second-order valence-electron chi connectivity index (χ2n) is 7.59. The molecule has 1 heterocycles. The average Bonchev–Trinajstić information content (AvgIpc) is 3.21. The van der Waals surface area contributed by atoms with E-state index in [9.17, 15) is 17.6 Å². The highest BCUT2D eigenvalue weighted by molar-refractivity contribution is 7.90. The van der Waals surface area contributed by atoms with E-state index in [0.29, 0.717) is 6.54 Å². The van der Waals surface area contributed by atoms with E-state index >= 15 is 0 Å². The second-order valence-corrected chi connectivity index (χ2v) is 9.58. The Morgan fingerprint density at radius 2 is 1.77 bits per heavy atom. The van der Waals surface area contributed by atoms with Crippen molar-refractivity contribution in [3.05, 3.63) is 71.7 Å². The van der Waals surface area contributed by atoms with Crippen molar-refractivity contribution in [1.29, 1.82) is 0 Å². The lowest BCUT2D eigenvalue weighted by Crippen LogP contribution is -2.29. The third-order valence-electron chi connectivity index (χ3n) is 5.07. The van der Waals surface area contributed by atoms with Crippen molar-refractivity contribution in [2.75, 3.05) is 19.8 Å². The van der Waals surface area contributed by atoms with Gasteiger partial charge in [0.1, 0.15) is 5.82 Å². The number of H-pyrrole nitrogens is 1. The van der Waals surface area contributed by atoms with Crippen LogP contribution >= 0.6 is 0 Å². The Morgan fingerprint density at radius 3 is 2.48 bits per heavy atom. The van der Waals surface area contributed by atoms with Crippen molar-refractivity contribution in [3.8, 4) is 11.3 Å². The summed E-state index contributed by atoms with van der Waals surface area (Å²) < 4.78 is 36.9. The zero-order valence-corrected chi connectivity index (χ0v) is 18.5. The summed E-state index contributed by atoms with van der Waals surface area (Å²) in [6.07, 6.45) is 4.57. The predicted octanol–water partition coefficient (Wildman–Crippen LogP) is 4.10. The maximum atomic E-state index is 13.0. The monoisotopic (exact) mass is 443 g/mol. The van der Waals surface area contributed by atoms with Crippen LogP contribution in [0.5, 0.6) is 0 Å². The molecule has 164 valence electrons. The van der Waals surface area contributed by atoms with Crippen LogP contribution in [0.1, 0.15) is 35.3 Å². The number of hydrogen-bond donors (Lipinski definition) is 1. The topological polar surface area (TPSA) is 83.1 Å². The van der Waals surface area contributed by atoms with Gasteiger partial charge in [0, 0.05) is 31.1 Å². The third kappa shape index (κ3) is 6.01. The first-order valence-electron chi connectivity index (χ1n) is 10.1. The van der Waals surface area contributed by atoms with E-state index in [4.69, 9.17) is 0 Å². The van der Waals surface area contributed by atoms with Crippen molar-refractivity contribution in [2.24, 2.45) is 0 Å². The quantitative estimate of drug-likeness (QED) is 0.505. The van der Waals surface area contributed by atoms with Gasteiger partial charge < -0.3 is 4.90 Å². The lowest BCUT2D eigenvalue weighted by molar-refractivity contribution is 0.0788. The number of aromatic amines is 1. The molecule has 0 aliphatic heterocycles. The average molecular weight is 444 g/mol. The Labute approximate surface area is 182 Å². The maximum absolute atomic E-state index is 13.0. The van der Waals surface area contributed by atoms with Gasteiger partial charge in [-0.15, -0.1) is 0 Å². The van der Waals surface area contributed by atoms with Gasteiger partial charge in [0.2, 0.25) is 0 Å². The zero-order valence-electron chi connectivity index (χ0n) is 17.6. The summed E-state index contributed by atoms with van der Waals surface area (Å²) in [5.41, 5.74) is 2.85. The Morgan fingerprint density at radius 1 is 1.06 bits per heavy atom. The molecule has 31 heavy (non-hydrogen) atoms. The minimum absolute atomic E-state index is 0.0584. The first-order chi connectivity index (χ1) is 14.8. The Kier molecular flexibility index (Phi) is 7.22. The van der Waals surface area contributed by atoms with Crippen LogP contribution < -0.4 is 0 Å². The Balaban J connectivity index is 1.46. The molecule has 1 N–H and O–H groups in total. The van der Waals surface area contributed by atoms with Gasteiger partial charge in [-0.25, -0.2) is 12.8 Å². The number of carbonyl (C=O) groups excluding carboxylic acids is 1. The fourth-order valence-corrected chi connectivity index (χ4v) is 4.25. The summed E-state index contributed by atoms with van der Waals surface area (Å²) in [5.74, 6) is -0.568. The van der Waals surface area contributed by atoms with Crippen LogP contribution in [-0.2, 0) is 16.3 Å². The lowest BCUT2D eigenvalue weighted by Gasteiger charge is -2.18. The number of nitrogens with zero attached hydrogens (tertiary/aromatic N) is 2. The van der Waals surface area contributed by atoms with Crippen LogP contribution in [0.3, 0.4) is 0 Å². The van der Waals surface area contributed by atoms with E-state index in [1.807, 2.05) is 6.07 Å². The van der Waals surface area contributed by atoms with Gasteiger partial charge in [-0.05, 0) is 61.7 Å². The summed E-state index contributed by atoms with van der Waals surface area (Å²) >= 11 is 0. The molecule has 0 bridgehead atoms. The number of unbranched alkanes of at least 4 members (excludes halogenated alkanes) is 2. The molecule has 0 saturated carbocycles. The van der Waals surface area contributed by atoms with Crippen molar-refractivity contribution in [2.45, 2.75) is 30.6 Å². The Bertz CT molecular complexity index is 1140. The number of halogens is 1. The first kappa shape index (κ1) is 22.7. The van der Waals surface area contributed by atoms with Crippen molar-refractivity contribution >= 4 is 15.7 Å². The third-order valence-corrected chi connectivity index (χ3v) is 6.23. The first-order valence-corrected chi connectivity index (χ1v) is 12.0. The summed E-state index contributed by atoms with van der Waals surface area (Å²) in [7, 11) is -1.78. The van der Waals surface area contributed by atoms with Crippen LogP contribution in [0.25, 0.3) is 11.3 Å². The second kappa shape index (κ2) is 9.87. The number of benzene rings is 2. The van der Waals surface area contributed by atoms with E-state index in [1.54, 1.807) is 42.3 Å². The van der Waals surface area contributed by atoms with Gasteiger partial charge >= 0.3 is 0 Å². The predicted molar refractivity (Wildman–Crippen MR) is 118 cm³/mol. The molecule has 8 heteroatoms. The van der Waals surface area contributed by atoms with E-state index < -0.39 is 9.84 Å². The number of nitrogens with one attached hydrogen (secondary N) is 1. The van der Waals surface area contributed by atoms with Crippen LogP contribution in [0, 0.1) is 5.82 Å². The SMILES string of the molecule is CN(CCCCCc1cc(-c2ccc(F)cc2)n[nH]1)C(=O)c1ccccc1S(C)(=O)=O. The largest absolute Gasteiger partial charge is 0.342 e. The molecule has 1 amide bonds. The van der Waals surface area contributed by atoms with Gasteiger partial charge in [-0.2, -0.15) is 5.10 Å². The van der Waals surface area contributed by atoms with Gasteiger partial charge in [0.05, 0.1) is 16.2 Å². The van der Waals surface area contributed by atoms with E-state index in [2.05, 4.69) is 10.2 Å². The number of amides is 1. The number of carbonyl (C=O) groups is 1. The van der Waals surface area contributed by atoms with E-state index in [-0.39, 0.29) is 22.2 Å². The summed E-state index contributed by atoms with van der Waals surface area (Å²) in [6.45, 7) is 0.542. The van der Waals surface area contributed by atoms with Gasteiger partial charge in [0.25, 0.3) is 5.91 Å². The van der Waals surface area contributed by atoms with Crippen molar-refractivity contribution in [3.63, 3.8) is 0 Å². The standard InChI is InChI=1S/C23H26FN3O3S/c1-27(23(28)20-9-5-6-10-22(20)31(2,29)30)15-7-3-4-8-19-16-21(26-25-19)17-11-13-18(24)14-12-17/h5-6,9-14,16H,3-4,7-8,15H2,1-2H3,(H,25,26). The molecule has 6 nitrogen and oxygen atoms in total. The molecule has 0 radical (unpaired) electrons. The highest BCUT2D eigenvalue weighted by atomic mass is 32.2. The number of hydrogen-bond acceptors (Lipinski definition) is 4. The number of aryl methyl sites for hydroxylation is 1. The molecule has 0 unspecified atom stereocenters. The molecule has 0 fully saturated rings. The zero-order chi connectivity index (χ0) is 22.4. The van der Waals surface area contributed by atoms with Crippen LogP contribution in [0.2, 0.25) is 0 Å². The van der Waals surface area contributed by atoms with Crippen molar-refractivity contribution < 1.29 is 17.6 Å². The van der Waals surface area contributed by atoms with Crippen molar-refractivity contribution in [1.82, 2.24) is 15.1 Å². The molecular formula is C23H26FN3O3S. The summed E-state index contributed by atoms with van der Waals surface area (Å²) in [4.78, 5) is 14.3. The molecule has 0 aliphatic carbocycles. The van der Waals surface area contributed by atoms with Gasteiger partial charge in [0.15, 0.2) is 9.84 Å². The summed E-state index contributed by atoms with van der Waals surface area (Å²) in [6, 6.07) is 14.5. The van der Waals surface area contributed by atoms with E-state index in [1.165, 1.54) is 18.2 Å². The number of rotatable bonds is 9. The fraction of sp³-hybridized carbons (Fsp3) is 0.304. The molecule has 1 aromatic heterocycles. The normalized spacial score (nSPS) is 11.5. The highest BCUT2D eigenvalue weighted by Gasteiger charge is 2.20. The molecule has 0 spiro atoms. The molecule has 3 aromatic rings. The van der Waals surface area contributed by atoms with Gasteiger partial charge in [-0.3, -0.25) is 9.89 Å². The lowest BCUT2D eigenvalue weighted by atomic mass is 10.1. The van der Waals surface area contributed by atoms with Gasteiger partial charge in [-0.1, -0.05) is 18.6 Å². The van der Waals surface area contributed by atoms with E-state index in [0.717, 1.165) is 48.9 Å². The molecule has 0 aliphatic rings. The fourth-order valence-electron chi connectivity index (χ4n) is 3.37. The minimum Gasteiger partial charge on any atom is -0.342 e. The summed E-state index contributed by atoms with van der Waals surface area (Å²) in [5, 5.41) is 7.29. The Hall–Kier alpha value is -3.00. The smallest absolute Gasteiger partial charge is 0.254 e. The van der Waals surface area contributed by atoms with Crippen LogP contribution in [0.15, 0.2) is 59.5 Å². The number of aromatic nitrogens is 2. The van der Waals surface area contributed by atoms with Crippen LogP contribution in [0.4, 0.5) is 4.39 Å². The molecule has 3 rings (SSSR count). The maximum Gasteiger partial charge on any atom is 0.254 e.